The summed E-state index contributed by atoms with van der Waals surface area (Å²) < 4.78 is 23.5. The maximum absolute atomic E-state index is 12.8. The second kappa shape index (κ2) is 35.7. The molecule has 0 heterocycles. The molecular formula is C43H86N2O6P+. The Balaban J connectivity index is 4.37. The van der Waals surface area contributed by atoms with E-state index in [1.165, 1.54) is 135 Å². The van der Waals surface area contributed by atoms with Gasteiger partial charge in [0.05, 0.1) is 39.9 Å². The molecule has 0 aliphatic carbocycles. The van der Waals surface area contributed by atoms with Crippen molar-refractivity contribution in [3.63, 3.8) is 0 Å². The van der Waals surface area contributed by atoms with Gasteiger partial charge in [0.15, 0.2) is 0 Å². The van der Waals surface area contributed by atoms with Gasteiger partial charge in [-0.2, -0.15) is 0 Å². The van der Waals surface area contributed by atoms with E-state index in [9.17, 15) is 19.4 Å². The molecular weight excluding hydrogens is 671 g/mol. The molecule has 0 radical (unpaired) electrons. The molecule has 52 heavy (non-hydrogen) atoms. The van der Waals surface area contributed by atoms with Gasteiger partial charge in [0.25, 0.3) is 0 Å². The van der Waals surface area contributed by atoms with E-state index in [0.717, 1.165) is 38.5 Å². The maximum atomic E-state index is 12.8. The van der Waals surface area contributed by atoms with Gasteiger partial charge in [-0.3, -0.25) is 13.8 Å². The van der Waals surface area contributed by atoms with Crippen LogP contribution in [0.25, 0.3) is 0 Å². The fourth-order valence-electron chi connectivity index (χ4n) is 6.15. The zero-order valence-electron chi connectivity index (χ0n) is 34.8. The van der Waals surface area contributed by atoms with Crippen LogP contribution in [0.15, 0.2) is 24.3 Å². The molecule has 3 N–H and O–H groups in total. The van der Waals surface area contributed by atoms with Crippen molar-refractivity contribution in [3.05, 3.63) is 24.3 Å². The van der Waals surface area contributed by atoms with Crippen molar-refractivity contribution in [2.45, 2.75) is 206 Å². The van der Waals surface area contributed by atoms with E-state index in [-0.39, 0.29) is 19.1 Å². The first-order valence-electron chi connectivity index (χ1n) is 21.7. The van der Waals surface area contributed by atoms with Crippen LogP contribution >= 0.6 is 7.82 Å². The van der Waals surface area contributed by atoms with Gasteiger partial charge in [-0.15, -0.1) is 0 Å². The molecule has 0 aliphatic heterocycles. The minimum Gasteiger partial charge on any atom is -0.387 e. The van der Waals surface area contributed by atoms with Gasteiger partial charge in [-0.1, -0.05) is 167 Å². The van der Waals surface area contributed by atoms with Crippen LogP contribution in [0.4, 0.5) is 0 Å². The molecule has 8 nitrogen and oxygen atoms in total. The van der Waals surface area contributed by atoms with Crippen molar-refractivity contribution >= 4 is 13.7 Å². The number of aliphatic hydroxyl groups is 1. The van der Waals surface area contributed by atoms with E-state index in [0.29, 0.717) is 17.4 Å². The first-order valence-corrected chi connectivity index (χ1v) is 23.2. The Labute approximate surface area is 322 Å². The highest BCUT2D eigenvalue weighted by Crippen LogP contribution is 2.43. The lowest BCUT2D eigenvalue weighted by Gasteiger charge is -2.25. The number of hydrogen-bond acceptors (Lipinski definition) is 5. The van der Waals surface area contributed by atoms with Crippen LogP contribution in [0.1, 0.15) is 194 Å². The monoisotopic (exact) mass is 758 g/mol. The summed E-state index contributed by atoms with van der Waals surface area (Å²) in [5, 5.41) is 13.8. The van der Waals surface area contributed by atoms with Crippen LogP contribution in [0.3, 0.4) is 0 Å². The molecule has 0 aliphatic rings. The van der Waals surface area contributed by atoms with E-state index >= 15 is 0 Å². The predicted octanol–water partition coefficient (Wildman–Crippen LogP) is 11.7. The molecule has 0 bridgehead atoms. The minimum absolute atomic E-state index is 0.0615. The highest BCUT2D eigenvalue weighted by atomic mass is 31.2. The fourth-order valence-corrected chi connectivity index (χ4v) is 6.89. The number of quaternary nitrogens is 1. The lowest BCUT2D eigenvalue weighted by molar-refractivity contribution is -0.870. The number of likely N-dealkylation sites (N-methyl/N-ethyl adjacent to an activating group) is 1. The van der Waals surface area contributed by atoms with E-state index in [2.05, 4.69) is 31.3 Å². The Morgan fingerprint density at radius 3 is 1.48 bits per heavy atom. The van der Waals surface area contributed by atoms with Crippen molar-refractivity contribution in [2.75, 3.05) is 40.9 Å². The smallest absolute Gasteiger partial charge is 0.387 e. The van der Waals surface area contributed by atoms with Crippen LogP contribution in [0.2, 0.25) is 0 Å². The normalized spacial score (nSPS) is 14.7. The molecule has 3 unspecified atom stereocenters. The number of carbonyl (C=O) groups is 1. The Morgan fingerprint density at radius 2 is 1.04 bits per heavy atom. The molecule has 0 fully saturated rings. The molecule has 1 amide bonds. The molecule has 0 rings (SSSR count). The van der Waals surface area contributed by atoms with Crippen molar-refractivity contribution in [1.29, 1.82) is 0 Å². The van der Waals surface area contributed by atoms with Crippen LogP contribution in [0, 0.1) is 0 Å². The highest BCUT2D eigenvalue weighted by molar-refractivity contribution is 7.47. The second-order valence-electron chi connectivity index (χ2n) is 16.1. The minimum atomic E-state index is -4.33. The molecule has 0 saturated carbocycles. The lowest BCUT2D eigenvalue weighted by Crippen LogP contribution is -2.45. The third-order valence-corrected chi connectivity index (χ3v) is 10.6. The summed E-state index contributed by atoms with van der Waals surface area (Å²) in [4.78, 5) is 23.1. The van der Waals surface area contributed by atoms with Gasteiger partial charge >= 0.3 is 7.82 Å². The summed E-state index contributed by atoms with van der Waals surface area (Å²) >= 11 is 0. The largest absolute Gasteiger partial charge is 0.472 e. The van der Waals surface area contributed by atoms with Crippen molar-refractivity contribution in [2.24, 2.45) is 0 Å². The standard InChI is InChI=1S/C43H85N2O6P/c1-6-8-10-12-14-16-18-19-20-21-22-23-24-25-27-29-31-33-35-37-43(47)44-41(40-51-52(48,49)50-39-38-45(3,4)5)42(46)36-34-32-30-28-26-17-15-13-11-9-7-2/h21-22,34,36,41-42,46H,6-20,23-33,35,37-40H2,1-5H3,(H-,44,47,48,49)/p+1/b22-21-,36-34+. The molecule has 9 heteroatoms. The Kier molecular flexibility index (Phi) is 35.0. The first kappa shape index (κ1) is 51.0. The van der Waals surface area contributed by atoms with E-state index < -0.39 is 20.0 Å². The second-order valence-corrected chi connectivity index (χ2v) is 17.5. The number of carbonyl (C=O) groups excluding carboxylic acids is 1. The van der Waals surface area contributed by atoms with Gasteiger partial charge in [-0.25, -0.2) is 4.57 Å². The molecule has 0 aromatic carbocycles. The average molecular weight is 758 g/mol. The Bertz CT molecular complexity index is 907. The van der Waals surface area contributed by atoms with Gasteiger partial charge in [0.1, 0.15) is 13.2 Å². The summed E-state index contributed by atoms with van der Waals surface area (Å²) in [6, 6.07) is -0.844. The zero-order valence-corrected chi connectivity index (χ0v) is 35.7. The number of allylic oxidation sites excluding steroid dienone is 3. The van der Waals surface area contributed by atoms with Gasteiger partial charge in [0, 0.05) is 6.42 Å². The van der Waals surface area contributed by atoms with E-state index in [1.54, 1.807) is 6.08 Å². The van der Waals surface area contributed by atoms with Crippen LogP contribution in [-0.2, 0) is 18.4 Å². The average Bonchev–Trinajstić information content (AvgIpc) is 3.09. The van der Waals surface area contributed by atoms with Gasteiger partial charge in [-0.05, 0) is 44.9 Å². The van der Waals surface area contributed by atoms with Crippen molar-refractivity contribution in [1.82, 2.24) is 5.32 Å². The number of amides is 1. The SMILES string of the molecule is CCCCCCCCCC/C=C\CCCCCCCCCC(=O)NC(COP(=O)(O)OCC[N+](C)(C)C)C(O)/C=C/CCCCCCCCCCC. The van der Waals surface area contributed by atoms with E-state index in [1.807, 2.05) is 27.2 Å². The molecule has 0 aromatic rings. The number of unbranched alkanes of at least 4 members (excludes halogenated alkanes) is 24. The number of nitrogens with zero attached hydrogens (tertiary/aromatic N) is 1. The molecule has 0 spiro atoms. The van der Waals surface area contributed by atoms with Gasteiger partial charge in [0.2, 0.25) is 5.91 Å². The van der Waals surface area contributed by atoms with Gasteiger partial charge < -0.3 is 19.8 Å². The molecule has 0 saturated heterocycles. The highest BCUT2D eigenvalue weighted by Gasteiger charge is 2.27. The van der Waals surface area contributed by atoms with E-state index in [4.69, 9.17) is 9.05 Å². The summed E-state index contributed by atoms with van der Waals surface area (Å²) in [6.45, 7) is 4.79. The summed E-state index contributed by atoms with van der Waals surface area (Å²) in [5.41, 5.74) is 0. The summed E-state index contributed by atoms with van der Waals surface area (Å²) in [6.07, 6.45) is 41.0. The predicted molar refractivity (Wildman–Crippen MR) is 221 cm³/mol. The molecule has 3 atom stereocenters. The number of phosphoric ester groups is 1. The number of rotatable bonds is 39. The molecule has 0 aromatic heterocycles. The Hall–Kier alpha value is -1.02. The lowest BCUT2D eigenvalue weighted by atomic mass is 10.1. The Morgan fingerprint density at radius 1 is 0.635 bits per heavy atom. The topological polar surface area (TPSA) is 105 Å². The molecule has 308 valence electrons. The summed E-state index contributed by atoms with van der Waals surface area (Å²) in [7, 11) is 1.57. The quantitative estimate of drug-likeness (QED) is 0.0250. The maximum Gasteiger partial charge on any atom is 0.472 e. The number of aliphatic hydroxyl groups excluding tert-OH is 1. The third-order valence-electron chi connectivity index (χ3n) is 9.67. The number of phosphoric acid groups is 1. The van der Waals surface area contributed by atoms with Crippen LogP contribution < -0.4 is 5.32 Å². The van der Waals surface area contributed by atoms with Crippen LogP contribution in [-0.4, -0.2) is 73.4 Å². The zero-order chi connectivity index (χ0) is 38.6. The first-order chi connectivity index (χ1) is 25.0. The summed E-state index contributed by atoms with van der Waals surface area (Å²) in [5.74, 6) is -0.183. The number of nitrogens with one attached hydrogen (secondary N) is 1. The van der Waals surface area contributed by atoms with Crippen LogP contribution in [0.5, 0.6) is 0 Å². The van der Waals surface area contributed by atoms with Crippen molar-refractivity contribution < 1.29 is 32.9 Å². The third kappa shape index (κ3) is 37.3. The van der Waals surface area contributed by atoms with Crippen molar-refractivity contribution in [3.8, 4) is 0 Å². The fraction of sp³-hybridized carbons (Fsp3) is 0.884. The number of hydrogen-bond donors (Lipinski definition) is 3.